The van der Waals surface area contributed by atoms with E-state index in [1.165, 1.54) is 109 Å². The van der Waals surface area contributed by atoms with Crippen LogP contribution in [0.2, 0.25) is 0 Å². The highest BCUT2D eigenvalue weighted by molar-refractivity contribution is 6.30. The third kappa shape index (κ3) is 4.99. The van der Waals surface area contributed by atoms with Crippen molar-refractivity contribution >= 4 is 97.3 Å². The predicted molar refractivity (Wildman–Crippen MR) is 269 cm³/mol. The van der Waals surface area contributed by atoms with E-state index in [1.54, 1.807) is 0 Å². The molecule has 0 bridgehead atoms. The molecule has 0 atom stereocenters. The highest BCUT2D eigenvalue weighted by Gasteiger charge is 2.23. The van der Waals surface area contributed by atoms with Gasteiger partial charge in [0.05, 0.1) is 0 Å². The van der Waals surface area contributed by atoms with Gasteiger partial charge in [-0.2, -0.15) is 0 Å². The Balaban J connectivity index is 1.12. The molecule has 1 heterocycles. The molecule has 0 spiro atoms. The maximum absolute atomic E-state index is 7.27. The number of hydrogen-bond acceptors (Lipinski definition) is 1. The fourth-order valence-electron chi connectivity index (χ4n) is 11.0. The van der Waals surface area contributed by atoms with E-state index >= 15 is 0 Å². The number of fused-ring (bicyclic) bond motifs is 9. The Kier molecular flexibility index (Phi) is 7.17. The van der Waals surface area contributed by atoms with E-state index in [2.05, 4.69) is 218 Å². The Morgan fingerprint density at radius 1 is 0.238 bits per heavy atom. The van der Waals surface area contributed by atoms with Crippen molar-refractivity contribution in [2.45, 2.75) is 0 Å². The largest absolute Gasteiger partial charge is 0.455 e. The van der Waals surface area contributed by atoms with Crippen molar-refractivity contribution in [2.24, 2.45) is 0 Å². The summed E-state index contributed by atoms with van der Waals surface area (Å²) >= 11 is 0. The van der Waals surface area contributed by atoms with Crippen LogP contribution in [0.5, 0.6) is 0 Å². The van der Waals surface area contributed by atoms with E-state index in [1.807, 2.05) is 0 Å². The van der Waals surface area contributed by atoms with Crippen LogP contribution in [0.15, 0.2) is 223 Å². The Bertz CT molecular complexity index is 4180. The van der Waals surface area contributed by atoms with Crippen LogP contribution in [0.25, 0.3) is 142 Å². The van der Waals surface area contributed by atoms with Crippen LogP contribution in [0.3, 0.4) is 0 Å². The molecule has 0 fully saturated rings. The number of benzene rings is 13. The third-order valence-electron chi connectivity index (χ3n) is 13.8. The van der Waals surface area contributed by atoms with Gasteiger partial charge in [0, 0.05) is 16.2 Å². The first-order valence-electron chi connectivity index (χ1n) is 21.8. The van der Waals surface area contributed by atoms with Crippen molar-refractivity contribution in [1.82, 2.24) is 0 Å². The molecule has 1 aromatic heterocycles. The second-order valence-corrected chi connectivity index (χ2v) is 17.1. The quantitative estimate of drug-likeness (QED) is 0.128. The first-order valence-corrected chi connectivity index (χ1v) is 21.8. The second kappa shape index (κ2) is 13.1. The standard InChI is InChI=1S/C62H36O/c1-3-12-37(13-4-1)44-20-11-21-53-48(44)32-33-54-61-56(49-28-24-41-25-30-50-46(38-14-5-2-6-15-38)27-23-40-26-31-51(49)60(41)59(40)50)35-43(36-57(61)63-62(53)54)58-47-19-10-8-17-42(47)34-55-45-18-9-7-16-39(45)22-29-52(55)58/h1-36H. The lowest BCUT2D eigenvalue weighted by Crippen LogP contribution is -1.91. The molecule has 0 aliphatic rings. The van der Waals surface area contributed by atoms with Crippen LogP contribution in [-0.2, 0) is 0 Å². The molecule has 0 saturated carbocycles. The van der Waals surface area contributed by atoms with Gasteiger partial charge in [0.15, 0.2) is 0 Å². The molecule has 0 radical (unpaired) electrons. The number of hydrogen-bond donors (Lipinski definition) is 0. The highest BCUT2D eigenvalue weighted by atomic mass is 16.3. The normalized spacial score (nSPS) is 12.1. The molecule has 14 aromatic rings. The molecule has 290 valence electrons. The van der Waals surface area contributed by atoms with Crippen LogP contribution in [0.4, 0.5) is 0 Å². The van der Waals surface area contributed by atoms with E-state index in [-0.39, 0.29) is 0 Å². The minimum absolute atomic E-state index is 0.883. The summed E-state index contributed by atoms with van der Waals surface area (Å²) in [6.45, 7) is 0. The zero-order chi connectivity index (χ0) is 41.2. The Labute approximate surface area is 363 Å². The molecule has 14 rings (SSSR count). The van der Waals surface area contributed by atoms with Gasteiger partial charge in [-0.3, -0.25) is 0 Å². The van der Waals surface area contributed by atoms with Crippen LogP contribution in [0.1, 0.15) is 0 Å². The third-order valence-corrected chi connectivity index (χ3v) is 13.8. The molecular weight excluding hydrogens is 761 g/mol. The summed E-state index contributed by atoms with van der Waals surface area (Å²) in [4.78, 5) is 0. The van der Waals surface area contributed by atoms with E-state index in [0.717, 1.165) is 32.9 Å². The van der Waals surface area contributed by atoms with Gasteiger partial charge in [0.2, 0.25) is 0 Å². The summed E-state index contributed by atoms with van der Waals surface area (Å²) in [6.07, 6.45) is 0. The van der Waals surface area contributed by atoms with Gasteiger partial charge >= 0.3 is 0 Å². The molecule has 63 heavy (non-hydrogen) atoms. The Morgan fingerprint density at radius 3 is 1.56 bits per heavy atom. The summed E-state index contributed by atoms with van der Waals surface area (Å²) in [7, 11) is 0. The smallest absolute Gasteiger partial charge is 0.143 e. The van der Waals surface area contributed by atoms with Crippen LogP contribution >= 0.6 is 0 Å². The topological polar surface area (TPSA) is 13.1 Å². The van der Waals surface area contributed by atoms with Crippen LogP contribution in [-0.4, -0.2) is 0 Å². The molecule has 1 nitrogen and oxygen atoms in total. The van der Waals surface area contributed by atoms with Gasteiger partial charge in [0.1, 0.15) is 11.2 Å². The fourth-order valence-corrected chi connectivity index (χ4v) is 11.0. The molecule has 0 amide bonds. The van der Waals surface area contributed by atoms with Gasteiger partial charge in [-0.15, -0.1) is 0 Å². The maximum atomic E-state index is 7.27. The van der Waals surface area contributed by atoms with Gasteiger partial charge < -0.3 is 4.42 Å². The van der Waals surface area contributed by atoms with Gasteiger partial charge in [-0.05, 0) is 139 Å². The van der Waals surface area contributed by atoms with Gasteiger partial charge in [-0.1, -0.05) is 194 Å². The Morgan fingerprint density at radius 2 is 0.794 bits per heavy atom. The van der Waals surface area contributed by atoms with Gasteiger partial charge in [0.25, 0.3) is 0 Å². The van der Waals surface area contributed by atoms with E-state index in [0.29, 0.717) is 0 Å². The maximum Gasteiger partial charge on any atom is 0.143 e. The predicted octanol–water partition coefficient (Wildman–Crippen LogP) is 17.8. The minimum atomic E-state index is 0.883. The van der Waals surface area contributed by atoms with E-state index in [4.69, 9.17) is 4.42 Å². The number of furan rings is 1. The highest BCUT2D eigenvalue weighted by Crippen LogP contribution is 2.49. The molecule has 1 heteroatoms. The molecule has 0 N–H and O–H groups in total. The SMILES string of the molecule is c1ccc(-c2cccc3c2ccc2c3oc3cc(-c4c5ccccc5cc5c4ccc4ccccc45)cc(-c4ccc5ccc6c(-c7ccccc7)ccc7ccc4c5c76)c32)cc1. The summed E-state index contributed by atoms with van der Waals surface area (Å²) < 4.78 is 7.27. The first-order chi connectivity index (χ1) is 31.2. The molecular formula is C62H36O. The van der Waals surface area contributed by atoms with Gasteiger partial charge in [-0.25, -0.2) is 0 Å². The zero-order valence-corrected chi connectivity index (χ0v) is 34.2. The summed E-state index contributed by atoms with van der Waals surface area (Å²) in [5, 5.41) is 19.6. The van der Waals surface area contributed by atoms with Crippen LogP contribution < -0.4 is 0 Å². The first kappa shape index (κ1) is 34.5. The van der Waals surface area contributed by atoms with E-state index in [9.17, 15) is 0 Å². The van der Waals surface area contributed by atoms with Crippen molar-refractivity contribution < 1.29 is 4.42 Å². The Hall–Kier alpha value is -8.26. The molecule has 13 aromatic carbocycles. The molecule has 0 aliphatic carbocycles. The lowest BCUT2D eigenvalue weighted by Gasteiger charge is -2.18. The average molecular weight is 797 g/mol. The van der Waals surface area contributed by atoms with Crippen molar-refractivity contribution in [1.29, 1.82) is 0 Å². The van der Waals surface area contributed by atoms with Crippen molar-refractivity contribution in [3.05, 3.63) is 218 Å². The lowest BCUT2D eigenvalue weighted by molar-refractivity contribution is 0.673. The number of rotatable bonds is 4. The summed E-state index contributed by atoms with van der Waals surface area (Å²) in [5.74, 6) is 0. The van der Waals surface area contributed by atoms with E-state index < -0.39 is 0 Å². The average Bonchev–Trinajstić information content (AvgIpc) is 3.74. The monoisotopic (exact) mass is 796 g/mol. The summed E-state index contributed by atoms with van der Waals surface area (Å²) in [5.41, 5.74) is 11.4. The minimum Gasteiger partial charge on any atom is -0.455 e. The molecule has 0 unspecified atom stereocenters. The van der Waals surface area contributed by atoms with Crippen molar-refractivity contribution in [2.75, 3.05) is 0 Å². The lowest BCUT2D eigenvalue weighted by atomic mass is 9.84. The second-order valence-electron chi connectivity index (χ2n) is 17.1. The summed E-state index contributed by atoms with van der Waals surface area (Å²) in [6, 6.07) is 80.6. The molecule has 0 saturated heterocycles. The molecule has 0 aliphatic heterocycles. The van der Waals surface area contributed by atoms with Crippen LogP contribution in [0, 0.1) is 0 Å². The van der Waals surface area contributed by atoms with Crippen molar-refractivity contribution in [3.8, 4) is 44.5 Å². The zero-order valence-electron chi connectivity index (χ0n) is 34.2. The fraction of sp³-hybridized carbons (Fsp3) is 0. The van der Waals surface area contributed by atoms with Crippen molar-refractivity contribution in [3.63, 3.8) is 0 Å².